The summed E-state index contributed by atoms with van der Waals surface area (Å²) in [6, 6.07) is 6.08. The van der Waals surface area contributed by atoms with Gasteiger partial charge in [-0.15, -0.1) is 0 Å². The molecule has 0 saturated carbocycles. The minimum atomic E-state index is -4.47. The van der Waals surface area contributed by atoms with Gasteiger partial charge in [0.1, 0.15) is 15.9 Å². The number of ether oxygens (including phenoxy) is 1. The standard InChI is InChI=1S/C25H44O4S.Na/c1-4-7-9-11-13-15-17-22-19-23(18-16-14-12-10-8-5-2)21-24(20-22)29-25(6-3)30(26,27)28;/h19-21,25H,4-18H2,1-3H3,(H,26,27,28);/q;+1/p-1. The Morgan fingerprint density at radius 3 is 1.55 bits per heavy atom. The summed E-state index contributed by atoms with van der Waals surface area (Å²) < 4.78 is 40.0. The molecule has 0 aliphatic carbocycles. The molecule has 0 aromatic heterocycles. The third kappa shape index (κ3) is 14.6. The van der Waals surface area contributed by atoms with Gasteiger partial charge < -0.3 is 9.29 Å². The van der Waals surface area contributed by atoms with Crippen molar-refractivity contribution in [2.45, 2.75) is 123 Å². The van der Waals surface area contributed by atoms with Crippen LogP contribution in [0.25, 0.3) is 0 Å². The SMILES string of the molecule is CCCCCCCCc1cc(CCCCCCCC)cc(OC(CC)S(=O)(=O)[O-])c1.[Na+]. The first-order valence-corrected chi connectivity index (χ1v) is 13.6. The van der Waals surface area contributed by atoms with E-state index in [-0.39, 0.29) is 36.0 Å². The number of hydrogen-bond acceptors (Lipinski definition) is 4. The molecular weight excluding hydrogens is 419 g/mol. The summed E-state index contributed by atoms with van der Waals surface area (Å²) in [6.07, 6.45) is 17.0. The second-order valence-corrected chi connectivity index (χ2v) is 9.98. The van der Waals surface area contributed by atoms with Crippen LogP contribution in [0.15, 0.2) is 18.2 Å². The topological polar surface area (TPSA) is 66.4 Å². The van der Waals surface area contributed by atoms with Crippen LogP contribution in [0.3, 0.4) is 0 Å². The number of benzene rings is 1. The molecular formula is C25H43NaO4S. The Kier molecular flexibility index (Phi) is 18.3. The monoisotopic (exact) mass is 462 g/mol. The molecule has 6 heteroatoms. The van der Waals surface area contributed by atoms with Gasteiger partial charge in [-0.05, 0) is 55.4 Å². The van der Waals surface area contributed by atoms with E-state index in [9.17, 15) is 13.0 Å². The number of rotatable bonds is 18. The van der Waals surface area contributed by atoms with Crippen molar-refractivity contribution in [1.29, 1.82) is 0 Å². The third-order valence-electron chi connectivity index (χ3n) is 5.59. The largest absolute Gasteiger partial charge is 1.00 e. The van der Waals surface area contributed by atoms with Crippen molar-refractivity contribution in [2.75, 3.05) is 0 Å². The van der Waals surface area contributed by atoms with E-state index in [0.29, 0.717) is 5.75 Å². The van der Waals surface area contributed by atoms with Gasteiger partial charge in [-0.25, -0.2) is 8.42 Å². The molecule has 174 valence electrons. The second-order valence-electron chi connectivity index (χ2n) is 8.47. The van der Waals surface area contributed by atoms with Crippen LogP contribution in [0.5, 0.6) is 5.75 Å². The van der Waals surface area contributed by atoms with E-state index in [1.54, 1.807) is 6.92 Å². The summed E-state index contributed by atoms with van der Waals surface area (Å²) in [4.78, 5) is 0. The molecule has 0 saturated heterocycles. The van der Waals surface area contributed by atoms with Crippen molar-refractivity contribution in [3.8, 4) is 5.75 Å². The Labute approximate surface area is 214 Å². The molecule has 1 rings (SSSR count). The molecule has 0 spiro atoms. The van der Waals surface area contributed by atoms with E-state index >= 15 is 0 Å². The van der Waals surface area contributed by atoms with E-state index in [1.165, 1.54) is 75.3 Å². The summed E-state index contributed by atoms with van der Waals surface area (Å²) in [5.41, 5.74) is 1.05. The first-order valence-electron chi connectivity index (χ1n) is 12.1. The summed E-state index contributed by atoms with van der Waals surface area (Å²) in [7, 11) is -4.47. The minimum absolute atomic E-state index is 0. The first-order chi connectivity index (χ1) is 14.4. The Morgan fingerprint density at radius 2 is 1.16 bits per heavy atom. The Morgan fingerprint density at radius 1 is 0.742 bits per heavy atom. The van der Waals surface area contributed by atoms with Crippen LogP contribution >= 0.6 is 0 Å². The average molecular weight is 463 g/mol. The minimum Gasteiger partial charge on any atom is -0.745 e. The molecule has 0 aliphatic heterocycles. The molecule has 0 fully saturated rings. The van der Waals surface area contributed by atoms with Crippen LogP contribution in [0.1, 0.15) is 115 Å². The fourth-order valence-corrected chi connectivity index (χ4v) is 4.44. The fourth-order valence-electron chi connectivity index (χ4n) is 3.80. The number of unbranched alkanes of at least 4 members (excludes halogenated alkanes) is 10. The zero-order valence-corrected chi connectivity index (χ0v) is 23.3. The summed E-state index contributed by atoms with van der Waals surface area (Å²) in [5, 5.41) is 0. The van der Waals surface area contributed by atoms with Crippen LogP contribution in [-0.2, 0) is 23.0 Å². The van der Waals surface area contributed by atoms with Crippen molar-refractivity contribution in [3.63, 3.8) is 0 Å². The third-order valence-corrected chi connectivity index (χ3v) is 6.66. The van der Waals surface area contributed by atoms with Crippen molar-refractivity contribution >= 4 is 10.1 Å². The van der Waals surface area contributed by atoms with Gasteiger partial charge in [0.25, 0.3) is 0 Å². The second kappa shape index (κ2) is 18.4. The molecule has 0 heterocycles. The van der Waals surface area contributed by atoms with E-state index in [2.05, 4.69) is 19.9 Å². The Bertz CT molecular complexity index is 642. The summed E-state index contributed by atoms with van der Waals surface area (Å²) >= 11 is 0. The predicted octanol–water partition coefficient (Wildman–Crippen LogP) is 4.16. The molecule has 4 nitrogen and oxygen atoms in total. The maximum absolute atomic E-state index is 11.5. The molecule has 0 aliphatic rings. The molecule has 0 amide bonds. The van der Waals surface area contributed by atoms with Crippen LogP contribution in [0.4, 0.5) is 0 Å². The summed E-state index contributed by atoms with van der Waals surface area (Å²) in [6.45, 7) is 6.11. The predicted molar refractivity (Wildman–Crippen MR) is 125 cm³/mol. The van der Waals surface area contributed by atoms with Crippen LogP contribution in [-0.4, -0.2) is 18.4 Å². The number of aryl methyl sites for hydroxylation is 2. The van der Waals surface area contributed by atoms with E-state index in [4.69, 9.17) is 4.74 Å². The van der Waals surface area contributed by atoms with E-state index in [1.807, 2.05) is 12.1 Å². The molecule has 31 heavy (non-hydrogen) atoms. The van der Waals surface area contributed by atoms with Gasteiger partial charge in [-0.2, -0.15) is 0 Å². The quantitative estimate of drug-likeness (QED) is 0.187. The van der Waals surface area contributed by atoms with Crippen molar-refractivity contribution < 1.29 is 47.3 Å². The molecule has 0 N–H and O–H groups in total. The Hall–Kier alpha value is -0.0700. The van der Waals surface area contributed by atoms with Crippen molar-refractivity contribution in [3.05, 3.63) is 29.3 Å². The molecule has 0 bridgehead atoms. The number of hydrogen-bond donors (Lipinski definition) is 0. The van der Waals surface area contributed by atoms with Crippen LogP contribution < -0.4 is 34.3 Å². The van der Waals surface area contributed by atoms with E-state index < -0.39 is 15.6 Å². The molecule has 1 aromatic carbocycles. The van der Waals surface area contributed by atoms with Crippen LogP contribution in [0.2, 0.25) is 0 Å². The van der Waals surface area contributed by atoms with Crippen molar-refractivity contribution in [2.24, 2.45) is 0 Å². The zero-order chi connectivity index (χ0) is 22.2. The van der Waals surface area contributed by atoms with Gasteiger partial charge in [0.05, 0.1) is 0 Å². The van der Waals surface area contributed by atoms with Crippen molar-refractivity contribution in [1.82, 2.24) is 0 Å². The van der Waals surface area contributed by atoms with Gasteiger partial charge in [0.2, 0.25) is 0 Å². The summed E-state index contributed by atoms with van der Waals surface area (Å²) in [5.74, 6) is 0.519. The van der Waals surface area contributed by atoms with Gasteiger partial charge in [0.15, 0.2) is 5.44 Å². The van der Waals surface area contributed by atoms with Gasteiger partial charge in [-0.1, -0.05) is 91.0 Å². The molecule has 1 atom stereocenters. The first kappa shape index (κ1) is 30.9. The maximum atomic E-state index is 11.5. The molecule has 0 radical (unpaired) electrons. The van der Waals surface area contributed by atoms with Gasteiger partial charge >= 0.3 is 29.6 Å². The van der Waals surface area contributed by atoms with Gasteiger partial charge in [0, 0.05) is 0 Å². The fraction of sp³-hybridized carbons (Fsp3) is 0.760. The van der Waals surface area contributed by atoms with Crippen LogP contribution in [0, 0.1) is 0 Å². The van der Waals surface area contributed by atoms with Gasteiger partial charge in [-0.3, -0.25) is 0 Å². The Balaban J connectivity index is 0.00000900. The normalized spacial score (nSPS) is 12.4. The average Bonchev–Trinajstić information content (AvgIpc) is 2.70. The molecule has 1 aromatic rings. The zero-order valence-electron chi connectivity index (χ0n) is 20.5. The smallest absolute Gasteiger partial charge is 0.745 e. The van der Waals surface area contributed by atoms with E-state index in [0.717, 1.165) is 25.7 Å². The maximum Gasteiger partial charge on any atom is 1.00 e. The molecule has 1 unspecified atom stereocenters.